The quantitative estimate of drug-likeness (QED) is 0.759. The number of aryl methyl sites for hydroxylation is 1. The van der Waals surface area contributed by atoms with Crippen molar-refractivity contribution in [3.63, 3.8) is 0 Å². The molecule has 0 heterocycles. The third-order valence-corrected chi connectivity index (χ3v) is 5.66. The zero-order valence-electron chi connectivity index (χ0n) is 11.8. The molecule has 1 fully saturated rings. The number of hydrogen-bond acceptors (Lipinski definition) is 4. The van der Waals surface area contributed by atoms with E-state index in [2.05, 4.69) is 4.72 Å². The lowest BCUT2D eigenvalue weighted by molar-refractivity contribution is 0.0696. The number of hydrogen-bond donors (Lipinski definition) is 3. The highest BCUT2D eigenvalue weighted by Gasteiger charge is 2.38. The molecule has 7 heteroatoms. The smallest absolute Gasteiger partial charge is 0.335 e. The van der Waals surface area contributed by atoms with Gasteiger partial charge in [-0.3, -0.25) is 0 Å². The van der Waals surface area contributed by atoms with Crippen LogP contribution >= 0.6 is 0 Å². The molecule has 3 N–H and O–H groups in total. The van der Waals surface area contributed by atoms with E-state index in [0.29, 0.717) is 18.4 Å². The molecular weight excluding hydrogens is 294 g/mol. The van der Waals surface area contributed by atoms with Gasteiger partial charge < -0.3 is 10.2 Å². The molecule has 0 amide bonds. The third-order valence-electron chi connectivity index (χ3n) is 3.94. The van der Waals surface area contributed by atoms with E-state index < -0.39 is 21.5 Å². The number of aliphatic hydroxyl groups is 1. The molecule has 0 aliphatic heterocycles. The summed E-state index contributed by atoms with van der Waals surface area (Å²) in [5.74, 6) is -1.18. The van der Waals surface area contributed by atoms with Crippen molar-refractivity contribution in [1.29, 1.82) is 0 Å². The zero-order chi connectivity index (χ0) is 15.7. The third kappa shape index (κ3) is 3.25. The number of carboxylic acid groups (broad SMARTS) is 1. The van der Waals surface area contributed by atoms with E-state index in [4.69, 9.17) is 5.11 Å². The Kier molecular flexibility index (Phi) is 4.36. The second-order valence-corrected chi connectivity index (χ2v) is 7.19. The molecule has 116 valence electrons. The predicted molar refractivity (Wildman–Crippen MR) is 76.7 cm³/mol. The second-order valence-electron chi connectivity index (χ2n) is 5.54. The van der Waals surface area contributed by atoms with Crippen LogP contribution in [0.2, 0.25) is 0 Å². The summed E-state index contributed by atoms with van der Waals surface area (Å²) < 4.78 is 27.6. The number of aliphatic hydroxyl groups excluding tert-OH is 1. The Morgan fingerprint density at radius 3 is 2.48 bits per heavy atom. The van der Waals surface area contributed by atoms with Crippen LogP contribution in [0.3, 0.4) is 0 Å². The highest BCUT2D eigenvalue weighted by molar-refractivity contribution is 7.89. The zero-order valence-corrected chi connectivity index (χ0v) is 12.6. The summed E-state index contributed by atoms with van der Waals surface area (Å²) in [4.78, 5) is 10.9. The van der Waals surface area contributed by atoms with Crippen molar-refractivity contribution in [3.05, 3.63) is 29.3 Å². The number of aromatic carboxylic acids is 1. The molecule has 0 atom stereocenters. The van der Waals surface area contributed by atoms with Gasteiger partial charge in [0, 0.05) is 0 Å². The van der Waals surface area contributed by atoms with Gasteiger partial charge in [-0.15, -0.1) is 0 Å². The van der Waals surface area contributed by atoms with Gasteiger partial charge in [-0.1, -0.05) is 18.9 Å². The Morgan fingerprint density at radius 2 is 1.95 bits per heavy atom. The SMILES string of the molecule is Cc1ccc(C(=O)O)cc1S(=O)(=O)NC1(CO)CCCC1. The summed E-state index contributed by atoms with van der Waals surface area (Å²) in [7, 11) is -3.87. The predicted octanol–water partition coefficient (Wildman–Crippen LogP) is 1.28. The Labute approximate surface area is 123 Å². The molecule has 21 heavy (non-hydrogen) atoms. The van der Waals surface area contributed by atoms with E-state index in [0.717, 1.165) is 18.9 Å². The van der Waals surface area contributed by atoms with Crippen LogP contribution in [-0.4, -0.2) is 36.7 Å². The van der Waals surface area contributed by atoms with Gasteiger partial charge in [-0.05, 0) is 37.5 Å². The molecule has 1 aliphatic carbocycles. The molecule has 0 radical (unpaired) electrons. The van der Waals surface area contributed by atoms with Crippen LogP contribution in [0.15, 0.2) is 23.1 Å². The summed E-state index contributed by atoms with van der Waals surface area (Å²) in [6.07, 6.45) is 2.88. The molecule has 0 aromatic heterocycles. The lowest BCUT2D eigenvalue weighted by atomic mass is 10.0. The van der Waals surface area contributed by atoms with Gasteiger partial charge in [-0.2, -0.15) is 0 Å². The molecule has 1 aliphatic rings. The largest absolute Gasteiger partial charge is 0.478 e. The first-order valence-corrected chi connectivity index (χ1v) is 8.27. The maximum absolute atomic E-state index is 12.5. The minimum atomic E-state index is -3.87. The lowest BCUT2D eigenvalue weighted by Crippen LogP contribution is -2.49. The highest BCUT2D eigenvalue weighted by Crippen LogP contribution is 2.31. The topological polar surface area (TPSA) is 104 Å². The lowest BCUT2D eigenvalue weighted by Gasteiger charge is -2.28. The van der Waals surface area contributed by atoms with E-state index in [1.807, 2.05) is 0 Å². The van der Waals surface area contributed by atoms with E-state index in [1.165, 1.54) is 12.1 Å². The van der Waals surface area contributed by atoms with Gasteiger partial charge in [0.2, 0.25) is 10.0 Å². The molecule has 0 saturated heterocycles. The minimum absolute atomic E-state index is 0.0536. The molecule has 0 spiro atoms. The Balaban J connectivity index is 2.39. The maximum atomic E-state index is 12.5. The van der Waals surface area contributed by atoms with Crippen molar-refractivity contribution in [2.75, 3.05) is 6.61 Å². The van der Waals surface area contributed by atoms with Crippen molar-refractivity contribution < 1.29 is 23.4 Å². The molecule has 6 nitrogen and oxygen atoms in total. The summed E-state index contributed by atoms with van der Waals surface area (Å²) >= 11 is 0. The monoisotopic (exact) mass is 313 g/mol. The summed E-state index contributed by atoms with van der Waals surface area (Å²) in [6.45, 7) is 1.35. The molecule has 0 bridgehead atoms. The van der Waals surface area contributed by atoms with Gasteiger partial charge in [0.25, 0.3) is 0 Å². The van der Waals surface area contributed by atoms with Gasteiger partial charge in [0.15, 0.2) is 0 Å². The van der Waals surface area contributed by atoms with Crippen molar-refractivity contribution in [3.8, 4) is 0 Å². The molecule has 0 unspecified atom stereocenters. The summed E-state index contributed by atoms with van der Waals surface area (Å²) in [5.41, 5.74) is -0.436. The second kappa shape index (κ2) is 5.75. The fourth-order valence-corrected chi connectivity index (χ4v) is 4.43. The van der Waals surface area contributed by atoms with Crippen molar-refractivity contribution in [1.82, 2.24) is 4.72 Å². The van der Waals surface area contributed by atoms with Gasteiger partial charge in [-0.25, -0.2) is 17.9 Å². The van der Waals surface area contributed by atoms with Crippen molar-refractivity contribution >= 4 is 16.0 Å². The first-order chi connectivity index (χ1) is 9.80. The van der Waals surface area contributed by atoms with Crippen LogP contribution in [-0.2, 0) is 10.0 Å². The van der Waals surface area contributed by atoms with Crippen LogP contribution in [0.5, 0.6) is 0 Å². The van der Waals surface area contributed by atoms with Crippen LogP contribution in [0.25, 0.3) is 0 Å². The number of carbonyl (C=O) groups is 1. The van der Waals surface area contributed by atoms with E-state index in [9.17, 15) is 18.3 Å². The van der Waals surface area contributed by atoms with Gasteiger partial charge >= 0.3 is 5.97 Å². The van der Waals surface area contributed by atoms with Crippen LogP contribution in [0.4, 0.5) is 0 Å². The molecule has 1 aromatic carbocycles. The normalized spacial score (nSPS) is 17.8. The maximum Gasteiger partial charge on any atom is 0.335 e. The standard InChI is InChI=1S/C14H19NO5S/c1-10-4-5-11(13(17)18)8-12(10)21(19,20)15-14(9-16)6-2-3-7-14/h4-5,8,15-16H,2-3,6-7,9H2,1H3,(H,17,18). The van der Waals surface area contributed by atoms with Crippen LogP contribution in [0, 0.1) is 6.92 Å². The fraction of sp³-hybridized carbons (Fsp3) is 0.500. The molecular formula is C14H19NO5S. The average Bonchev–Trinajstić information content (AvgIpc) is 2.87. The number of benzene rings is 1. The summed E-state index contributed by atoms with van der Waals surface area (Å²) in [6, 6.07) is 3.99. The van der Waals surface area contributed by atoms with Gasteiger partial charge in [0.1, 0.15) is 0 Å². The Morgan fingerprint density at radius 1 is 1.33 bits per heavy atom. The molecule has 1 aromatic rings. The number of carboxylic acids is 1. The first-order valence-electron chi connectivity index (χ1n) is 6.78. The van der Waals surface area contributed by atoms with E-state index in [1.54, 1.807) is 6.92 Å². The van der Waals surface area contributed by atoms with E-state index in [-0.39, 0.29) is 17.1 Å². The number of nitrogens with one attached hydrogen (secondary N) is 1. The molecule has 1 saturated carbocycles. The van der Waals surface area contributed by atoms with Crippen molar-refractivity contribution in [2.24, 2.45) is 0 Å². The van der Waals surface area contributed by atoms with Crippen LogP contribution < -0.4 is 4.72 Å². The van der Waals surface area contributed by atoms with Crippen LogP contribution in [0.1, 0.15) is 41.6 Å². The Hall–Kier alpha value is -1.44. The van der Waals surface area contributed by atoms with Gasteiger partial charge in [0.05, 0.1) is 22.6 Å². The minimum Gasteiger partial charge on any atom is -0.478 e. The molecule has 2 rings (SSSR count). The Bertz CT molecular complexity index is 647. The average molecular weight is 313 g/mol. The van der Waals surface area contributed by atoms with E-state index >= 15 is 0 Å². The summed E-state index contributed by atoms with van der Waals surface area (Å²) in [5, 5.41) is 18.5. The number of sulfonamides is 1. The highest BCUT2D eigenvalue weighted by atomic mass is 32.2. The fourth-order valence-electron chi connectivity index (χ4n) is 2.71. The van der Waals surface area contributed by atoms with Crippen molar-refractivity contribution in [2.45, 2.75) is 43.0 Å². The first kappa shape index (κ1) is 15.9. The number of rotatable bonds is 5.